The molecule has 0 radical (unpaired) electrons. The van der Waals surface area contributed by atoms with Crippen LogP contribution in [-0.2, 0) is 4.79 Å². The number of hydrogen-bond donors (Lipinski definition) is 3. The summed E-state index contributed by atoms with van der Waals surface area (Å²) in [5, 5.41) is 5.75. The van der Waals surface area contributed by atoms with Gasteiger partial charge in [0.15, 0.2) is 5.11 Å². The maximum absolute atomic E-state index is 11.0. The Bertz CT molecular complexity index is 402. The Morgan fingerprint density at radius 3 is 2.00 bits per heavy atom. The molecule has 0 spiro atoms. The third-order valence-corrected chi connectivity index (χ3v) is 2.30. The van der Waals surface area contributed by atoms with Crippen LogP contribution >= 0.6 is 12.2 Å². The lowest BCUT2D eigenvalue weighted by atomic mass is 10.1. The molecule has 0 aliphatic rings. The summed E-state index contributed by atoms with van der Waals surface area (Å²) in [5.41, 5.74) is 9.02. The van der Waals surface area contributed by atoms with Gasteiger partial charge in [0.2, 0.25) is 5.91 Å². The fraction of sp³-hybridized carbons (Fsp3) is 0.273. The Balaban J connectivity index is 3.15. The molecule has 16 heavy (non-hydrogen) atoms. The topological polar surface area (TPSA) is 67.2 Å². The average Bonchev–Trinajstić information content (AvgIpc) is 2.11. The van der Waals surface area contributed by atoms with Gasteiger partial charge in [-0.25, -0.2) is 0 Å². The van der Waals surface area contributed by atoms with Crippen LogP contribution in [0, 0.1) is 13.8 Å². The van der Waals surface area contributed by atoms with Gasteiger partial charge in [-0.2, -0.15) is 0 Å². The fourth-order valence-electron chi connectivity index (χ4n) is 1.35. The van der Waals surface area contributed by atoms with E-state index in [4.69, 9.17) is 18.0 Å². The monoisotopic (exact) mass is 237 g/mol. The quantitative estimate of drug-likeness (QED) is 0.687. The molecule has 0 saturated carbocycles. The highest BCUT2D eigenvalue weighted by Gasteiger charge is 2.07. The van der Waals surface area contributed by atoms with Crippen molar-refractivity contribution in [2.75, 3.05) is 10.6 Å². The molecule has 4 N–H and O–H groups in total. The Kier molecular flexibility index (Phi) is 3.84. The molecule has 0 unspecified atom stereocenters. The standard InChI is InChI=1S/C11H15N3OS/c1-6-4-9(13-8(3)15)10(5-7(6)2)14-11(12)16/h4-5H,1-3H3,(H,13,15)(H3,12,14,16). The number of rotatable bonds is 2. The van der Waals surface area contributed by atoms with Gasteiger partial charge in [-0.05, 0) is 49.3 Å². The molecule has 0 bridgehead atoms. The van der Waals surface area contributed by atoms with E-state index in [9.17, 15) is 4.79 Å². The van der Waals surface area contributed by atoms with E-state index in [1.54, 1.807) is 0 Å². The second-order valence-corrected chi connectivity index (χ2v) is 4.09. The SMILES string of the molecule is CC(=O)Nc1cc(C)c(C)cc1NC(N)=S. The minimum absolute atomic E-state index is 0.130. The molecule has 1 aromatic carbocycles. The maximum Gasteiger partial charge on any atom is 0.221 e. The molecule has 4 nitrogen and oxygen atoms in total. The van der Waals surface area contributed by atoms with Crippen molar-refractivity contribution < 1.29 is 4.79 Å². The first-order valence-corrected chi connectivity index (χ1v) is 5.26. The lowest BCUT2D eigenvalue weighted by Crippen LogP contribution is -2.20. The molecule has 0 aliphatic heterocycles. The van der Waals surface area contributed by atoms with E-state index in [2.05, 4.69) is 10.6 Å². The number of thiocarbonyl (C=S) groups is 1. The predicted molar refractivity (Wildman–Crippen MR) is 70.6 cm³/mol. The summed E-state index contributed by atoms with van der Waals surface area (Å²) in [4.78, 5) is 11.0. The number of hydrogen-bond acceptors (Lipinski definition) is 2. The van der Waals surface area contributed by atoms with Gasteiger partial charge in [0.1, 0.15) is 0 Å². The smallest absolute Gasteiger partial charge is 0.221 e. The van der Waals surface area contributed by atoms with E-state index in [0.29, 0.717) is 11.4 Å². The van der Waals surface area contributed by atoms with Crippen molar-refractivity contribution in [2.24, 2.45) is 5.73 Å². The van der Waals surface area contributed by atoms with Gasteiger partial charge in [0.05, 0.1) is 11.4 Å². The molecular weight excluding hydrogens is 222 g/mol. The fourth-order valence-corrected chi connectivity index (χ4v) is 1.46. The van der Waals surface area contributed by atoms with E-state index in [1.807, 2.05) is 26.0 Å². The molecule has 0 aromatic heterocycles. The Labute approximate surface area is 100 Å². The first-order chi connectivity index (χ1) is 7.40. The number of nitrogens with one attached hydrogen (secondary N) is 2. The summed E-state index contributed by atoms with van der Waals surface area (Å²) in [6.07, 6.45) is 0. The summed E-state index contributed by atoms with van der Waals surface area (Å²) in [5.74, 6) is -0.130. The number of anilines is 2. The normalized spacial score (nSPS) is 9.69. The van der Waals surface area contributed by atoms with Crippen LogP contribution < -0.4 is 16.4 Å². The third-order valence-electron chi connectivity index (χ3n) is 2.20. The highest BCUT2D eigenvalue weighted by atomic mass is 32.1. The van der Waals surface area contributed by atoms with E-state index >= 15 is 0 Å². The van der Waals surface area contributed by atoms with Crippen molar-refractivity contribution in [3.8, 4) is 0 Å². The van der Waals surface area contributed by atoms with Gasteiger partial charge >= 0.3 is 0 Å². The molecule has 0 fully saturated rings. The zero-order chi connectivity index (χ0) is 12.3. The Hall–Kier alpha value is -1.62. The summed E-state index contributed by atoms with van der Waals surface area (Å²) in [7, 11) is 0. The number of benzene rings is 1. The summed E-state index contributed by atoms with van der Waals surface area (Å²) >= 11 is 4.78. The lowest BCUT2D eigenvalue weighted by Gasteiger charge is -2.13. The highest BCUT2D eigenvalue weighted by Crippen LogP contribution is 2.25. The van der Waals surface area contributed by atoms with E-state index < -0.39 is 0 Å². The summed E-state index contributed by atoms with van der Waals surface area (Å²) in [6, 6.07) is 3.79. The van der Waals surface area contributed by atoms with E-state index in [1.165, 1.54) is 6.92 Å². The number of carbonyl (C=O) groups is 1. The molecule has 86 valence electrons. The van der Waals surface area contributed by atoms with Gasteiger partial charge in [-0.1, -0.05) is 0 Å². The van der Waals surface area contributed by atoms with Crippen molar-refractivity contribution in [3.63, 3.8) is 0 Å². The second-order valence-electron chi connectivity index (χ2n) is 3.65. The molecule has 0 saturated heterocycles. The van der Waals surface area contributed by atoms with Crippen molar-refractivity contribution in [1.82, 2.24) is 0 Å². The van der Waals surface area contributed by atoms with E-state index in [-0.39, 0.29) is 11.0 Å². The first kappa shape index (κ1) is 12.4. The van der Waals surface area contributed by atoms with Crippen LogP contribution in [0.15, 0.2) is 12.1 Å². The minimum Gasteiger partial charge on any atom is -0.376 e. The maximum atomic E-state index is 11.0. The van der Waals surface area contributed by atoms with Gasteiger partial charge in [-0.3, -0.25) is 4.79 Å². The highest BCUT2D eigenvalue weighted by molar-refractivity contribution is 7.80. The minimum atomic E-state index is -0.130. The molecule has 0 atom stereocenters. The van der Waals surface area contributed by atoms with Crippen molar-refractivity contribution >= 4 is 34.6 Å². The van der Waals surface area contributed by atoms with Gasteiger partial charge in [0, 0.05) is 6.92 Å². The zero-order valence-corrected chi connectivity index (χ0v) is 10.4. The average molecular weight is 237 g/mol. The van der Waals surface area contributed by atoms with Gasteiger partial charge < -0.3 is 16.4 Å². The summed E-state index contributed by atoms with van der Waals surface area (Å²) < 4.78 is 0. The molecule has 1 rings (SSSR count). The third kappa shape index (κ3) is 3.20. The number of amides is 1. The van der Waals surface area contributed by atoms with Crippen molar-refractivity contribution in [3.05, 3.63) is 23.3 Å². The Morgan fingerprint density at radius 2 is 1.62 bits per heavy atom. The second kappa shape index (κ2) is 4.94. The van der Waals surface area contributed by atoms with Crippen LogP contribution in [0.5, 0.6) is 0 Å². The number of aryl methyl sites for hydroxylation is 2. The Morgan fingerprint density at radius 1 is 1.19 bits per heavy atom. The van der Waals surface area contributed by atoms with Crippen molar-refractivity contribution in [1.29, 1.82) is 0 Å². The lowest BCUT2D eigenvalue weighted by molar-refractivity contribution is -0.114. The first-order valence-electron chi connectivity index (χ1n) is 4.85. The van der Waals surface area contributed by atoms with Crippen molar-refractivity contribution in [2.45, 2.75) is 20.8 Å². The molecule has 0 aliphatic carbocycles. The molecular formula is C11H15N3OS. The van der Waals surface area contributed by atoms with Crippen LogP contribution in [0.25, 0.3) is 0 Å². The largest absolute Gasteiger partial charge is 0.376 e. The summed E-state index contributed by atoms with van der Waals surface area (Å²) in [6.45, 7) is 5.42. The van der Waals surface area contributed by atoms with Crippen LogP contribution in [0.2, 0.25) is 0 Å². The molecule has 1 amide bonds. The predicted octanol–water partition coefficient (Wildman–Crippen LogP) is 1.92. The molecule has 5 heteroatoms. The molecule has 1 aromatic rings. The zero-order valence-electron chi connectivity index (χ0n) is 9.55. The van der Waals surface area contributed by atoms with Gasteiger partial charge in [0.25, 0.3) is 0 Å². The van der Waals surface area contributed by atoms with Crippen LogP contribution in [0.4, 0.5) is 11.4 Å². The number of carbonyl (C=O) groups excluding carboxylic acids is 1. The van der Waals surface area contributed by atoms with Crippen LogP contribution in [-0.4, -0.2) is 11.0 Å². The van der Waals surface area contributed by atoms with Crippen LogP contribution in [0.3, 0.4) is 0 Å². The van der Waals surface area contributed by atoms with Gasteiger partial charge in [-0.15, -0.1) is 0 Å². The molecule has 0 heterocycles. The number of nitrogens with two attached hydrogens (primary N) is 1. The van der Waals surface area contributed by atoms with Crippen LogP contribution in [0.1, 0.15) is 18.1 Å². The van der Waals surface area contributed by atoms with E-state index in [0.717, 1.165) is 11.1 Å².